The second-order valence-electron chi connectivity index (χ2n) is 8.15. The molecule has 0 fully saturated rings. The fraction of sp³-hybridized carbons (Fsp3) is 0.357. The lowest BCUT2D eigenvalue weighted by Crippen LogP contribution is -2.16. The number of allylic oxidation sites excluding steroid dienone is 2. The molecule has 2 atom stereocenters. The van der Waals surface area contributed by atoms with Gasteiger partial charge in [-0.3, -0.25) is 0 Å². The highest BCUT2D eigenvalue weighted by atomic mass is 16.5. The Hall–Kier alpha value is -2.74. The highest BCUT2D eigenvalue weighted by Gasteiger charge is 2.14. The van der Waals surface area contributed by atoms with Crippen LogP contribution in [0, 0.1) is 0 Å². The highest BCUT2D eigenvalue weighted by molar-refractivity contribution is 5.60. The van der Waals surface area contributed by atoms with E-state index in [0.717, 1.165) is 37.2 Å². The first-order chi connectivity index (χ1) is 14.9. The zero-order valence-corrected chi connectivity index (χ0v) is 17.7. The number of benzene rings is 2. The van der Waals surface area contributed by atoms with Crippen LogP contribution < -0.4 is 9.47 Å². The van der Waals surface area contributed by atoms with Crippen LogP contribution in [-0.4, -0.2) is 12.2 Å². The average Bonchev–Trinajstić information content (AvgIpc) is 2.80. The molecule has 0 saturated heterocycles. The zero-order valence-electron chi connectivity index (χ0n) is 17.7. The molecule has 0 aromatic heterocycles. The Kier molecular flexibility index (Phi) is 7.44. The van der Waals surface area contributed by atoms with Gasteiger partial charge in [0.25, 0.3) is 0 Å². The summed E-state index contributed by atoms with van der Waals surface area (Å²) in [6.45, 7) is 0. The number of fused-ring (bicyclic) bond motifs is 2. The van der Waals surface area contributed by atoms with Crippen molar-refractivity contribution in [3.8, 4) is 11.5 Å². The first kappa shape index (κ1) is 20.5. The summed E-state index contributed by atoms with van der Waals surface area (Å²) in [7, 11) is 0. The van der Waals surface area contributed by atoms with Crippen LogP contribution in [0.1, 0.15) is 62.5 Å². The Morgan fingerprint density at radius 2 is 1.07 bits per heavy atom. The number of para-hydroxylation sites is 2. The molecule has 0 spiro atoms. The summed E-state index contributed by atoms with van der Waals surface area (Å²) < 4.78 is 12.1. The quantitative estimate of drug-likeness (QED) is 0.302. The average molecular weight is 401 g/mol. The van der Waals surface area contributed by atoms with Crippen molar-refractivity contribution in [2.75, 3.05) is 0 Å². The molecular formula is C28H32O2. The predicted octanol–water partition coefficient (Wildman–Crippen LogP) is 7.61. The van der Waals surface area contributed by atoms with Gasteiger partial charge >= 0.3 is 0 Å². The molecule has 0 saturated carbocycles. The van der Waals surface area contributed by atoms with Crippen LogP contribution in [0.15, 0.2) is 72.8 Å². The summed E-state index contributed by atoms with van der Waals surface area (Å²) in [6.07, 6.45) is 23.3. The van der Waals surface area contributed by atoms with Crippen LogP contribution in [0.4, 0.5) is 0 Å². The van der Waals surface area contributed by atoms with Gasteiger partial charge in [-0.05, 0) is 75.7 Å². The molecule has 2 aromatic carbocycles. The molecular weight excluding hydrogens is 368 g/mol. The maximum Gasteiger partial charge on any atom is 0.127 e. The third kappa shape index (κ3) is 5.89. The van der Waals surface area contributed by atoms with Crippen molar-refractivity contribution < 1.29 is 9.47 Å². The molecule has 2 aliphatic rings. The van der Waals surface area contributed by atoms with Crippen molar-refractivity contribution in [3.63, 3.8) is 0 Å². The minimum Gasteiger partial charge on any atom is -0.486 e. The van der Waals surface area contributed by atoms with Crippen LogP contribution in [0.3, 0.4) is 0 Å². The van der Waals surface area contributed by atoms with E-state index in [0.29, 0.717) is 0 Å². The topological polar surface area (TPSA) is 18.5 Å². The molecule has 2 nitrogen and oxygen atoms in total. The summed E-state index contributed by atoms with van der Waals surface area (Å²) in [5, 5.41) is 0. The largest absolute Gasteiger partial charge is 0.486 e. The summed E-state index contributed by atoms with van der Waals surface area (Å²) in [6, 6.07) is 16.5. The maximum atomic E-state index is 6.05. The number of rotatable bonds is 10. The molecule has 2 aliphatic heterocycles. The molecule has 2 heteroatoms. The zero-order chi connectivity index (χ0) is 20.4. The molecule has 4 rings (SSSR count). The Balaban J connectivity index is 1.02. The molecule has 2 aromatic rings. The van der Waals surface area contributed by atoms with Gasteiger partial charge in [0.2, 0.25) is 0 Å². The molecule has 0 radical (unpaired) electrons. The van der Waals surface area contributed by atoms with Crippen molar-refractivity contribution in [1.82, 2.24) is 0 Å². The van der Waals surface area contributed by atoms with Crippen LogP contribution in [-0.2, 0) is 0 Å². The molecule has 2 heterocycles. The van der Waals surface area contributed by atoms with E-state index in [2.05, 4.69) is 72.9 Å². The lowest BCUT2D eigenvalue weighted by molar-refractivity contribution is 0.230. The number of hydrogen-bond acceptors (Lipinski definition) is 2. The smallest absolute Gasteiger partial charge is 0.127 e. The monoisotopic (exact) mass is 400 g/mol. The Labute approximate surface area is 180 Å². The Bertz CT molecular complexity index is 820. The second kappa shape index (κ2) is 10.9. The van der Waals surface area contributed by atoms with Crippen LogP contribution in [0.25, 0.3) is 12.2 Å². The van der Waals surface area contributed by atoms with Crippen LogP contribution in [0.2, 0.25) is 0 Å². The van der Waals surface area contributed by atoms with Crippen molar-refractivity contribution in [2.24, 2.45) is 0 Å². The number of ether oxygens (including phenoxy) is 2. The van der Waals surface area contributed by atoms with E-state index in [-0.39, 0.29) is 12.2 Å². The maximum absolute atomic E-state index is 6.05. The molecule has 0 amide bonds. The van der Waals surface area contributed by atoms with Gasteiger partial charge in [0.1, 0.15) is 23.7 Å². The van der Waals surface area contributed by atoms with Gasteiger partial charge in [0.05, 0.1) is 0 Å². The second-order valence-corrected chi connectivity index (χ2v) is 8.15. The molecule has 0 aliphatic carbocycles. The molecule has 0 bridgehead atoms. The SMILES string of the molecule is C1=CC(CCCC/C=C/CCCCC2C=Cc3ccccc3O2)Oc2ccccc21. The van der Waals surface area contributed by atoms with Crippen molar-refractivity contribution >= 4 is 12.2 Å². The van der Waals surface area contributed by atoms with Crippen LogP contribution in [0.5, 0.6) is 11.5 Å². The van der Waals surface area contributed by atoms with Gasteiger partial charge in [-0.1, -0.05) is 60.7 Å². The van der Waals surface area contributed by atoms with Gasteiger partial charge in [-0.15, -0.1) is 0 Å². The van der Waals surface area contributed by atoms with E-state index in [1.807, 2.05) is 12.1 Å². The summed E-state index contributed by atoms with van der Waals surface area (Å²) in [5.74, 6) is 2.03. The first-order valence-electron chi connectivity index (χ1n) is 11.4. The molecule has 156 valence electrons. The fourth-order valence-electron chi connectivity index (χ4n) is 4.04. The lowest BCUT2D eigenvalue weighted by Gasteiger charge is -2.21. The third-order valence-electron chi connectivity index (χ3n) is 5.76. The summed E-state index contributed by atoms with van der Waals surface area (Å²) in [5.41, 5.74) is 2.38. The van der Waals surface area contributed by atoms with Gasteiger partial charge in [-0.25, -0.2) is 0 Å². The van der Waals surface area contributed by atoms with E-state index < -0.39 is 0 Å². The van der Waals surface area contributed by atoms with Crippen LogP contribution >= 0.6 is 0 Å². The van der Waals surface area contributed by atoms with Gasteiger partial charge in [-0.2, -0.15) is 0 Å². The number of unbranched alkanes of at least 4 members (excludes halogenated alkanes) is 4. The Morgan fingerprint density at radius 3 is 1.57 bits per heavy atom. The summed E-state index contributed by atoms with van der Waals surface area (Å²) >= 11 is 0. The van der Waals surface area contributed by atoms with E-state index in [9.17, 15) is 0 Å². The standard InChI is InChI=1S/C28H32O2/c1(3-5-7-15-25-21-19-23-13-9-11-17-27(23)29-25)2-4-6-8-16-26-22-20-24-14-10-12-18-28(24)30-26/h1-2,9-14,17-22,25-26H,3-8,15-16H2/b2-1+. The van der Waals surface area contributed by atoms with E-state index in [4.69, 9.17) is 9.47 Å². The third-order valence-corrected chi connectivity index (χ3v) is 5.76. The predicted molar refractivity (Wildman–Crippen MR) is 126 cm³/mol. The van der Waals surface area contributed by atoms with Gasteiger partial charge in [0.15, 0.2) is 0 Å². The molecule has 0 N–H and O–H groups in total. The lowest BCUT2D eigenvalue weighted by atomic mass is 10.0. The Morgan fingerprint density at radius 1 is 0.600 bits per heavy atom. The van der Waals surface area contributed by atoms with Crippen molar-refractivity contribution in [3.05, 3.63) is 84.0 Å². The van der Waals surface area contributed by atoms with Crippen molar-refractivity contribution in [2.45, 2.75) is 63.6 Å². The van der Waals surface area contributed by atoms with Gasteiger partial charge < -0.3 is 9.47 Å². The van der Waals surface area contributed by atoms with Crippen molar-refractivity contribution in [1.29, 1.82) is 0 Å². The molecule has 30 heavy (non-hydrogen) atoms. The van der Waals surface area contributed by atoms with E-state index in [1.54, 1.807) is 0 Å². The number of hydrogen-bond donors (Lipinski definition) is 0. The minimum atomic E-state index is 0.229. The minimum absolute atomic E-state index is 0.229. The molecule has 2 unspecified atom stereocenters. The summed E-state index contributed by atoms with van der Waals surface area (Å²) in [4.78, 5) is 0. The van der Waals surface area contributed by atoms with E-state index >= 15 is 0 Å². The highest BCUT2D eigenvalue weighted by Crippen LogP contribution is 2.28. The van der Waals surface area contributed by atoms with Gasteiger partial charge in [0, 0.05) is 11.1 Å². The van der Waals surface area contributed by atoms with E-state index in [1.165, 1.54) is 36.8 Å². The first-order valence-corrected chi connectivity index (χ1v) is 11.4. The normalized spacial score (nSPS) is 19.2. The fourth-order valence-corrected chi connectivity index (χ4v) is 4.04.